The molecule has 0 unspecified atom stereocenters. The van der Waals surface area contributed by atoms with E-state index in [1.54, 1.807) is 24.4 Å². The lowest BCUT2D eigenvalue weighted by molar-refractivity contribution is 0.0956. The van der Waals surface area contributed by atoms with Crippen molar-refractivity contribution in [2.75, 3.05) is 6.54 Å². The fraction of sp³-hybridized carbons (Fsp3) is 0.167. The monoisotopic (exact) mass is 242 g/mol. The molecular weight excluding hydrogens is 232 g/mol. The Balaban J connectivity index is 2.52. The van der Waals surface area contributed by atoms with Gasteiger partial charge in [-0.25, -0.2) is 4.98 Å². The Kier molecular flexibility index (Phi) is 3.06. The van der Waals surface area contributed by atoms with Crippen LogP contribution in [0.1, 0.15) is 15.9 Å². The normalized spacial score (nSPS) is 10.0. The van der Waals surface area contributed by atoms with Crippen molar-refractivity contribution in [2.45, 2.75) is 6.92 Å². The van der Waals surface area contributed by atoms with Crippen molar-refractivity contribution in [3.8, 4) is 6.07 Å². The molecule has 2 heterocycles. The van der Waals surface area contributed by atoms with Crippen molar-refractivity contribution >= 4 is 11.6 Å². The van der Waals surface area contributed by atoms with E-state index >= 15 is 0 Å². The summed E-state index contributed by atoms with van der Waals surface area (Å²) >= 11 is 0. The number of fused-ring (bicyclic) bond motifs is 1. The molecule has 0 aliphatic heterocycles. The number of aryl methyl sites for hydroxylation is 1. The summed E-state index contributed by atoms with van der Waals surface area (Å²) < 4.78 is 1.30. The molecule has 2 rings (SSSR count). The first-order valence-corrected chi connectivity index (χ1v) is 5.26. The van der Waals surface area contributed by atoms with E-state index in [0.717, 1.165) is 5.56 Å². The standard InChI is InChI=1S/C12H10N4O2/c1-8-2-5-16-10(6-8)15-7-9(12(16)18)11(17)14-4-3-13/h2,5-7H,4H2,1H3,(H,14,17). The average molecular weight is 242 g/mol. The number of pyridine rings is 1. The Hall–Kier alpha value is -2.68. The van der Waals surface area contributed by atoms with Crippen LogP contribution in [0, 0.1) is 18.3 Å². The first kappa shape index (κ1) is 11.8. The van der Waals surface area contributed by atoms with Crippen LogP contribution >= 0.6 is 0 Å². The predicted molar refractivity (Wildman–Crippen MR) is 64.1 cm³/mol. The molecule has 1 N–H and O–H groups in total. The van der Waals surface area contributed by atoms with E-state index in [-0.39, 0.29) is 12.1 Å². The SMILES string of the molecule is Cc1ccn2c(=O)c(C(=O)NCC#N)cnc2c1. The highest BCUT2D eigenvalue weighted by atomic mass is 16.2. The minimum absolute atomic E-state index is 0.0772. The summed E-state index contributed by atoms with van der Waals surface area (Å²) in [5, 5.41) is 10.7. The first-order valence-electron chi connectivity index (χ1n) is 5.26. The Bertz CT molecular complexity index is 712. The third kappa shape index (κ3) is 2.06. The number of nitrogens with one attached hydrogen (secondary N) is 1. The van der Waals surface area contributed by atoms with Crippen LogP contribution in [0.25, 0.3) is 5.65 Å². The molecule has 90 valence electrons. The Labute approximate surface area is 103 Å². The molecule has 6 nitrogen and oxygen atoms in total. The van der Waals surface area contributed by atoms with Crippen molar-refractivity contribution in [2.24, 2.45) is 0 Å². The number of nitrogens with zero attached hydrogens (tertiary/aromatic N) is 3. The van der Waals surface area contributed by atoms with E-state index in [4.69, 9.17) is 5.26 Å². The van der Waals surface area contributed by atoms with Gasteiger partial charge in [-0.2, -0.15) is 5.26 Å². The Morgan fingerprint density at radius 2 is 2.39 bits per heavy atom. The zero-order chi connectivity index (χ0) is 13.1. The number of carbonyl (C=O) groups excluding carboxylic acids is 1. The molecule has 0 aromatic carbocycles. The fourth-order valence-electron chi connectivity index (χ4n) is 1.55. The maximum Gasteiger partial charge on any atom is 0.270 e. The summed E-state index contributed by atoms with van der Waals surface area (Å²) in [5.41, 5.74) is 0.933. The molecular formula is C12H10N4O2. The van der Waals surface area contributed by atoms with E-state index in [0.29, 0.717) is 5.65 Å². The molecule has 0 atom stereocenters. The molecule has 2 aromatic rings. The van der Waals surface area contributed by atoms with Crippen molar-refractivity contribution in [3.63, 3.8) is 0 Å². The van der Waals surface area contributed by atoms with Crippen LogP contribution in [-0.2, 0) is 0 Å². The summed E-state index contributed by atoms with van der Waals surface area (Å²) in [7, 11) is 0. The molecule has 0 saturated carbocycles. The maximum absolute atomic E-state index is 12.0. The molecule has 0 fully saturated rings. The van der Waals surface area contributed by atoms with Gasteiger partial charge in [-0.1, -0.05) is 0 Å². The molecule has 2 aromatic heterocycles. The second-order valence-corrected chi connectivity index (χ2v) is 3.75. The molecule has 0 bridgehead atoms. The van der Waals surface area contributed by atoms with Crippen LogP contribution < -0.4 is 10.9 Å². The molecule has 0 spiro atoms. The van der Waals surface area contributed by atoms with Gasteiger partial charge in [0.15, 0.2) is 0 Å². The summed E-state index contributed by atoms with van der Waals surface area (Å²) in [6, 6.07) is 5.28. The summed E-state index contributed by atoms with van der Waals surface area (Å²) in [4.78, 5) is 27.7. The highest BCUT2D eigenvalue weighted by Gasteiger charge is 2.12. The second-order valence-electron chi connectivity index (χ2n) is 3.75. The highest BCUT2D eigenvalue weighted by Crippen LogP contribution is 2.02. The number of rotatable bonds is 2. The van der Waals surface area contributed by atoms with Gasteiger partial charge in [0.1, 0.15) is 17.8 Å². The molecule has 0 radical (unpaired) electrons. The van der Waals surface area contributed by atoms with Gasteiger partial charge in [-0.15, -0.1) is 0 Å². The minimum atomic E-state index is -0.593. The van der Waals surface area contributed by atoms with Crippen molar-refractivity contribution in [3.05, 3.63) is 46.0 Å². The summed E-state index contributed by atoms with van der Waals surface area (Å²) in [6.45, 7) is 1.74. The predicted octanol–water partition coefficient (Wildman–Crippen LogP) is 0.256. The van der Waals surface area contributed by atoms with Gasteiger partial charge in [-0.05, 0) is 24.6 Å². The summed E-state index contributed by atoms with van der Waals surface area (Å²) in [5.74, 6) is -0.593. The van der Waals surface area contributed by atoms with E-state index < -0.39 is 11.5 Å². The van der Waals surface area contributed by atoms with Crippen molar-refractivity contribution < 1.29 is 4.79 Å². The minimum Gasteiger partial charge on any atom is -0.339 e. The quantitative estimate of drug-likeness (QED) is 0.765. The van der Waals surface area contributed by atoms with Gasteiger partial charge >= 0.3 is 0 Å². The van der Waals surface area contributed by atoms with Crippen LogP contribution in [-0.4, -0.2) is 21.8 Å². The molecule has 1 amide bonds. The van der Waals surface area contributed by atoms with Gasteiger partial charge in [0.25, 0.3) is 11.5 Å². The molecule has 0 saturated heterocycles. The number of nitriles is 1. The van der Waals surface area contributed by atoms with E-state index in [1.165, 1.54) is 10.6 Å². The zero-order valence-electron chi connectivity index (χ0n) is 9.67. The lowest BCUT2D eigenvalue weighted by Crippen LogP contribution is -2.31. The second kappa shape index (κ2) is 4.67. The van der Waals surface area contributed by atoms with Crippen LogP contribution in [0.15, 0.2) is 29.3 Å². The van der Waals surface area contributed by atoms with Crippen LogP contribution in [0.3, 0.4) is 0 Å². The third-order valence-electron chi connectivity index (χ3n) is 2.44. The van der Waals surface area contributed by atoms with Crippen LogP contribution in [0.4, 0.5) is 0 Å². The van der Waals surface area contributed by atoms with Gasteiger partial charge < -0.3 is 5.32 Å². The number of amides is 1. The Morgan fingerprint density at radius 1 is 1.61 bits per heavy atom. The maximum atomic E-state index is 12.0. The summed E-state index contributed by atoms with van der Waals surface area (Å²) in [6.07, 6.45) is 2.80. The largest absolute Gasteiger partial charge is 0.339 e. The highest BCUT2D eigenvalue weighted by molar-refractivity contribution is 5.93. The number of hydrogen-bond acceptors (Lipinski definition) is 4. The van der Waals surface area contributed by atoms with E-state index in [9.17, 15) is 9.59 Å². The lowest BCUT2D eigenvalue weighted by atomic mass is 10.2. The first-order chi connectivity index (χ1) is 8.63. The third-order valence-corrected chi connectivity index (χ3v) is 2.44. The number of hydrogen-bond donors (Lipinski definition) is 1. The zero-order valence-corrected chi connectivity index (χ0v) is 9.67. The van der Waals surface area contributed by atoms with Crippen molar-refractivity contribution in [1.29, 1.82) is 5.26 Å². The number of aromatic nitrogens is 2. The molecule has 0 aliphatic rings. The fourth-order valence-corrected chi connectivity index (χ4v) is 1.55. The molecule has 0 aliphatic carbocycles. The Morgan fingerprint density at radius 3 is 3.11 bits per heavy atom. The van der Waals surface area contributed by atoms with Gasteiger partial charge in [0.05, 0.1) is 6.07 Å². The van der Waals surface area contributed by atoms with E-state index in [2.05, 4.69) is 10.3 Å². The topological polar surface area (TPSA) is 87.3 Å². The van der Waals surface area contributed by atoms with Crippen LogP contribution in [0.5, 0.6) is 0 Å². The number of carbonyl (C=O) groups is 1. The lowest BCUT2D eigenvalue weighted by Gasteiger charge is -2.04. The van der Waals surface area contributed by atoms with Gasteiger partial charge in [-0.3, -0.25) is 14.0 Å². The molecule has 18 heavy (non-hydrogen) atoms. The van der Waals surface area contributed by atoms with Crippen LogP contribution in [0.2, 0.25) is 0 Å². The average Bonchev–Trinajstić information content (AvgIpc) is 2.36. The van der Waals surface area contributed by atoms with Gasteiger partial charge in [0.2, 0.25) is 0 Å². The van der Waals surface area contributed by atoms with Crippen molar-refractivity contribution in [1.82, 2.24) is 14.7 Å². The van der Waals surface area contributed by atoms with Gasteiger partial charge in [0, 0.05) is 12.4 Å². The van der Waals surface area contributed by atoms with E-state index in [1.807, 2.05) is 6.92 Å². The molecule has 6 heteroatoms. The smallest absolute Gasteiger partial charge is 0.270 e.